The molecule has 13 nitrogen and oxygen atoms in total. The Balaban J connectivity index is 0.000000242. The topological polar surface area (TPSA) is 166 Å². The maximum absolute atomic E-state index is 13.0. The molecule has 0 saturated carbocycles. The van der Waals surface area contributed by atoms with Crippen LogP contribution in [0.25, 0.3) is 11.6 Å². The Morgan fingerprint density at radius 1 is 0.800 bits per heavy atom. The second-order valence-corrected chi connectivity index (χ2v) is 11.6. The summed E-state index contributed by atoms with van der Waals surface area (Å²) in [6, 6.07) is 12.3. The number of carboxylic acids is 1. The van der Waals surface area contributed by atoms with Crippen LogP contribution in [0.4, 0.5) is 16.2 Å². The van der Waals surface area contributed by atoms with Gasteiger partial charge in [0, 0.05) is 29.5 Å². The summed E-state index contributed by atoms with van der Waals surface area (Å²) in [6.45, 7) is 0. The second-order valence-electron chi connectivity index (χ2n) is 8.33. The van der Waals surface area contributed by atoms with Crippen LogP contribution in [0.5, 0.6) is 0 Å². The number of aromatic carboxylic acids is 1. The highest BCUT2D eigenvalue weighted by molar-refractivity contribution is 9.10. The van der Waals surface area contributed by atoms with Crippen molar-refractivity contribution in [2.45, 2.75) is 0 Å². The standard InChI is InChI=1S/C17H11BrCl3N5O3.C9H5BrClN3O2/c1-29-17(28)23-11-6-8(19)5-10(21)14(11)24-16(27)12-7-13(18)25-26(12)15-9(20)3-2-4-22-15;10-7-4-6(9(15)16)14(13-7)8-5(11)2-1-3-12-8/h2-7H,1H3,(H,23,28)(H,24,27);1-4H,(H,15,16). The minimum atomic E-state index is -1.10. The van der Waals surface area contributed by atoms with Crippen LogP contribution in [0.3, 0.4) is 0 Å². The smallest absolute Gasteiger partial charge is 0.411 e. The van der Waals surface area contributed by atoms with Crippen molar-refractivity contribution in [1.82, 2.24) is 29.5 Å². The molecule has 0 unspecified atom stereocenters. The van der Waals surface area contributed by atoms with Crippen molar-refractivity contribution in [3.05, 3.63) is 102 Å². The SMILES string of the molecule is COC(=O)Nc1cc(Cl)cc(Cl)c1NC(=O)c1cc(Br)nn1-c1ncccc1Cl.O=C(O)c1cc(Br)nn1-c1ncccc1Cl. The second kappa shape index (κ2) is 15.0. The van der Waals surface area contributed by atoms with E-state index in [0.29, 0.717) is 19.3 Å². The fourth-order valence-corrected chi connectivity index (χ4v) is 5.24. The minimum Gasteiger partial charge on any atom is -0.477 e. The molecule has 0 fully saturated rings. The lowest BCUT2D eigenvalue weighted by atomic mass is 10.2. The van der Waals surface area contributed by atoms with E-state index in [0.717, 1.165) is 0 Å². The van der Waals surface area contributed by atoms with Crippen LogP contribution in [0.1, 0.15) is 21.0 Å². The Kier molecular flexibility index (Phi) is 11.4. The third-order valence-corrected chi connectivity index (χ3v) is 7.29. The van der Waals surface area contributed by atoms with Gasteiger partial charge in [-0.15, -0.1) is 0 Å². The summed E-state index contributed by atoms with van der Waals surface area (Å²) in [5.74, 6) is -1.13. The lowest BCUT2D eigenvalue weighted by molar-refractivity contribution is 0.0686. The average Bonchev–Trinajstić information content (AvgIpc) is 3.58. The molecule has 5 rings (SSSR count). The predicted octanol–water partition coefficient (Wildman–Crippen LogP) is 7.80. The molecule has 5 aromatic rings. The number of anilines is 2. The summed E-state index contributed by atoms with van der Waals surface area (Å²) in [6.07, 6.45) is 2.28. The molecule has 19 heteroatoms. The molecule has 0 bridgehead atoms. The van der Waals surface area contributed by atoms with E-state index in [1.165, 1.54) is 53.1 Å². The van der Waals surface area contributed by atoms with Gasteiger partial charge in [0.05, 0.1) is 33.6 Å². The molecule has 0 aliphatic rings. The van der Waals surface area contributed by atoms with E-state index in [-0.39, 0.29) is 44.4 Å². The first-order valence-electron chi connectivity index (χ1n) is 12.0. The van der Waals surface area contributed by atoms with Crippen LogP contribution in [-0.4, -0.2) is 59.7 Å². The van der Waals surface area contributed by atoms with Gasteiger partial charge in [-0.25, -0.2) is 28.9 Å². The van der Waals surface area contributed by atoms with Crippen molar-refractivity contribution >= 4 is 108 Å². The highest BCUT2D eigenvalue weighted by atomic mass is 79.9. The van der Waals surface area contributed by atoms with Crippen molar-refractivity contribution in [2.24, 2.45) is 0 Å². The quantitative estimate of drug-likeness (QED) is 0.155. The molecule has 45 heavy (non-hydrogen) atoms. The van der Waals surface area contributed by atoms with Crippen LogP contribution >= 0.6 is 78.3 Å². The van der Waals surface area contributed by atoms with Gasteiger partial charge in [0.1, 0.15) is 14.9 Å². The van der Waals surface area contributed by atoms with E-state index in [4.69, 9.17) is 51.5 Å². The highest BCUT2D eigenvalue weighted by Gasteiger charge is 2.22. The molecule has 4 heterocycles. The van der Waals surface area contributed by atoms with Gasteiger partial charge in [-0.1, -0.05) is 46.4 Å². The van der Waals surface area contributed by atoms with E-state index < -0.39 is 18.0 Å². The average molecular weight is 822 g/mol. The third-order valence-electron chi connectivity index (χ3n) is 5.41. The number of carbonyl (C=O) groups excluding carboxylic acids is 2. The first-order valence-corrected chi connectivity index (χ1v) is 15.1. The Morgan fingerprint density at radius 3 is 1.84 bits per heavy atom. The summed E-state index contributed by atoms with van der Waals surface area (Å²) < 4.78 is 7.83. The third kappa shape index (κ3) is 8.31. The Morgan fingerprint density at radius 2 is 1.33 bits per heavy atom. The summed E-state index contributed by atoms with van der Waals surface area (Å²) in [4.78, 5) is 43.7. The molecule has 0 spiro atoms. The molecular formula is C26H16Br2Cl4N8O5. The number of pyridine rings is 2. The van der Waals surface area contributed by atoms with Crippen molar-refractivity contribution in [1.29, 1.82) is 0 Å². The van der Waals surface area contributed by atoms with Crippen LogP contribution in [0.2, 0.25) is 20.1 Å². The van der Waals surface area contributed by atoms with Gasteiger partial charge in [-0.3, -0.25) is 10.1 Å². The van der Waals surface area contributed by atoms with E-state index >= 15 is 0 Å². The fraction of sp³-hybridized carbons (Fsp3) is 0.0385. The number of carboxylic acid groups (broad SMARTS) is 1. The molecule has 4 aromatic heterocycles. The van der Waals surface area contributed by atoms with Gasteiger partial charge in [0.25, 0.3) is 5.91 Å². The molecular weight excluding hydrogens is 806 g/mol. The monoisotopic (exact) mass is 818 g/mol. The van der Waals surface area contributed by atoms with E-state index in [1.807, 2.05) is 0 Å². The summed E-state index contributed by atoms with van der Waals surface area (Å²) >= 11 is 30.7. The number of hydrogen-bond acceptors (Lipinski definition) is 8. The maximum Gasteiger partial charge on any atom is 0.411 e. The van der Waals surface area contributed by atoms with Gasteiger partial charge in [-0.2, -0.15) is 10.2 Å². The Hall–Kier alpha value is -3.73. The number of nitrogens with zero attached hydrogens (tertiary/aromatic N) is 6. The van der Waals surface area contributed by atoms with Gasteiger partial charge < -0.3 is 15.2 Å². The first kappa shape index (κ1) is 34.1. The zero-order chi connectivity index (χ0) is 32.8. The summed E-state index contributed by atoms with van der Waals surface area (Å²) in [5, 5.41) is 23.2. The predicted molar refractivity (Wildman–Crippen MR) is 176 cm³/mol. The fourth-order valence-electron chi connectivity index (χ4n) is 3.55. The maximum atomic E-state index is 13.0. The highest BCUT2D eigenvalue weighted by Crippen LogP contribution is 2.35. The molecule has 0 aliphatic carbocycles. The first-order chi connectivity index (χ1) is 21.4. The molecule has 0 atom stereocenters. The van der Waals surface area contributed by atoms with Crippen LogP contribution in [0, 0.1) is 0 Å². The minimum absolute atomic E-state index is 0.00697. The van der Waals surface area contributed by atoms with Crippen LogP contribution < -0.4 is 10.6 Å². The van der Waals surface area contributed by atoms with E-state index in [2.05, 4.69) is 67.4 Å². The number of hydrogen-bond donors (Lipinski definition) is 3. The number of halogens is 6. The van der Waals surface area contributed by atoms with Crippen molar-refractivity contribution in [2.75, 3.05) is 17.7 Å². The number of benzene rings is 1. The molecule has 0 aliphatic heterocycles. The Labute approximate surface area is 290 Å². The number of amides is 2. The van der Waals surface area contributed by atoms with Gasteiger partial charge in [0.2, 0.25) is 0 Å². The van der Waals surface area contributed by atoms with Gasteiger partial charge in [-0.05, 0) is 68.3 Å². The van der Waals surface area contributed by atoms with Crippen molar-refractivity contribution in [3.63, 3.8) is 0 Å². The lowest BCUT2D eigenvalue weighted by Crippen LogP contribution is -2.20. The Bertz CT molecular complexity index is 1920. The van der Waals surface area contributed by atoms with Gasteiger partial charge >= 0.3 is 12.1 Å². The number of methoxy groups -OCH3 is 1. The zero-order valence-corrected chi connectivity index (χ0v) is 28.5. The lowest BCUT2D eigenvalue weighted by Gasteiger charge is -2.14. The zero-order valence-electron chi connectivity index (χ0n) is 22.3. The molecule has 1 aromatic carbocycles. The van der Waals surface area contributed by atoms with Gasteiger partial charge in [0.15, 0.2) is 17.3 Å². The van der Waals surface area contributed by atoms with Crippen molar-refractivity contribution < 1.29 is 24.2 Å². The molecule has 0 radical (unpaired) electrons. The van der Waals surface area contributed by atoms with E-state index in [9.17, 15) is 14.4 Å². The molecule has 232 valence electrons. The number of carbonyl (C=O) groups is 3. The number of rotatable bonds is 6. The van der Waals surface area contributed by atoms with Crippen LogP contribution in [0.15, 0.2) is 70.1 Å². The van der Waals surface area contributed by atoms with E-state index in [1.54, 1.807) is 24.3 Å². The normalized spacial score (nSPS) is 10.5. The number of aromatic nitrogens is 6. The van der Waals surface area contributed by atoms with Crippen molar-refractivity contribution in [3.8, 4) is 11.6 Å². The largest absolute Gasteiger partial charge is 0.477 e. The summed E-state index contributed by atoms with van der Waals surface area (Å²) in [7, 11) is 1.20. The van der Waals surface area contributed by atoms with Crippen LogP contribution in [-0.2, 0) is 4.74 Å². The molecule has 0 saturated heterocycles. The summed E-state index contributed by atoms with van der Waals surface area (Å²) in [5.41, 5.74) is 0.395. The molecule has 2 amide bonds. The number of ether oxygens (including phenoxy) is 1. The molecule has 3 N–H and O–H groups in total. The number of nitrogens with one attached hydrogen (secondary N) is 2.